The smallest absolute Gasteiger partial charge is 0.120 e. The van der Waals surface area contributed by atoms with Gasteiger partial charge in [-0.25, -0.2) is 0 Å². The maximum Gasteiger partial charge on any atom is 0.120 e. The highest BCUT2D eigenvalue weighted by Crippen LogP contribution is 2.27. The lowest BCUT2D eigenvalue weighted by Gasteiger charge is -2.15. The van der Waals surface area contributed by atoms with Crippen LogP contribution in [0.3, 0.4) is 0 Å². The van der Waals surface area contributed by atoms with E-state index in [1.54, 1.807) is 0 Å². The summed E-state index contributed by atoms with van der Waals surface area (Å²) in [6.07, 6.45) is 6.37. The summed E-state index contributed by atoms with van der Waals surface area (Å²) >= 11 is 0. The first-order valence-electron chi connectivity index (χ1n) is 7.00. The predicted octanol–water partition coefficient (Wildman–Crippen LogP) is 3.02. The first-order chi connectivity index (χ1) is 8.79. The summed E-state index contributed by atoms with van der Waals surface area (Å²) in [6, 6.07) is 8.90. The highest BCUT2D eigenvalue weighted by molar-refractivity contribution is 5.50. The molecule has 0 aromatic heterocycles. The number of carbonyl (C=O) groups excluding carboxylic acids is 1. The van der Waals surface area contributed by atoms with Crippen LogP contribution in [0.1, 0.15) is 42.7 Å². The Morgan fingerprint density at radius 2 is 2.00 bits per heavy atom. The molecule has 0 saturated carbocycles. The summed E-state index contributed by atoms with van der Waals surface area (Å²) in [5, 5.41) is 0. The topological polar surface area (TPSA) is 20.3 Å². The highest BCUT2D eigenvalue weighted by Gasteiger charge is 2.16. The van der Waals surface area contributed by atoms with E-state index in [4.69, 9.17) is 0 Å². The summed E-state index contributed by atoms with van der Waals surface area (Å²) in [6.45, 7) is 2.44. The fourth-order valence-electron chi connectivity index (χ4n) is 2.76. The van der Waals surface area contributed by atoms with Crippen LogP contribution in [-0.2, 0) is 11.2 Å². The fraction of sp³-hybridized carbons (Fsp3) is 0.562. The molecule has 1 heterocycles. The summed E-state index contributed by atoms with van der Waals surface area (Å²) in [4.78, 5) is 12.8. The Hall–Kier alpha value is -1.15. The Bertz CT molecular complexity index is 371. The number of likely N-dealkylation sites (tertiary alicyclic amines) is 1. The molecular weight excluding hydrogens is 222 g/mol. The Labute approximate surface area is 110 Å². The molecule has 1 aliphatic rings. The van der Waals surface area contributed by atoms with Gasteiger partial charge in [0.25, 0.3) is 0 Å². The minimum atomic E-state index is 0.633. The molecule has 0 aliphatic carbocycles. The van der Waals surface area contributed by atoms with Gasteiger partial charge in [-0.15, -0.1) is 0 Å². The average Bonchev–Trinajstić information content (AvgIpc) is 2.62. The molecule has 98 valence electrons. The Kier molecular flexibility index (Phi) is 4.94. The Balaban J connectivity index is 1.97. The van der Waals surface area contributed by atoms with Gasteiger partial charge in [0.05, 0.1) is 0 Å². The van der Waals surface area contributed by atoms with Gasteiger partial charge in [-0.1, -0.05) is 24.3 Å². The van der Waals surface area contributed by atoms with Crippen molar-refractivity contribution in [1.82, 2.24) is 4.90 Å². The number of benzene rings is 1. The van der Waals surface area contributed by atoms with E-state index in [-0.39, 0.29) is 0 Å². The second-order valence-electron chi connectivity index (χ2n) is 5.38. The molecule has 0 bridgehead atoms. The van der Waals surface area contributed by atoms with Crippen LogP contribution in [0.5, 0.6) is 0 Å². The SMILES string of the molecule is CN1CCCC(c2ccc(CCC=O)cc2)CC1. The van der Waals surface area contributed by atoms with Crippen molar-refractivity contribution < 1.29 is 4.79 Å². The molecule has 1 atom stereocenters. The molecule has 0 N–H and O–H groups in total. The average molecular weight is 245 g/mol. The number of aldehydes is 1. The zero-order valence-corrected chi connectivity index (χ0v) is 11.3. The van der Waals surface area contributed by atoms with E-state index in [1.807, 2.05) is 0 Å². The van der Waals surface area contributed by atoms with E-state index in [9.17, 15) is 4.79 Å². The summed E-state index contributed by atoms with van der Waals surface area (Å²) in [7, 11) is 2.21. The maximum absolute atomic E-state index is 10.4. The third kappa shape index (κ3) is 3.67. The summed E-state index contributed by atoms with van der Waals surface area (Å²) < 4.78 is 0. The molecular formula is C16H23NO. The van der Waals surface area contributed by atoms with E-state index in [2.05, 4.69) is 36.2 Å². The van der Waals surface area contributed by atoms with E-state index in [0.717, 1.165) is 18.6 Å². The first kappa shape index (κ1) is 13.3. The molecule has 0 spiro atoms. The van der Waals surface area contributed by atoms with Gasteiger partial charge >= 0.3 is 0 Å². The number of carbonyl (C=O) groups is 1. The van der Waals surface area contributed by atoms with Crippen LogP contribution in [0.2, 0.25) is 0 Å². The van der Waals surface area contributed by atoms with Crippen LogP contribution >= 0.6 is 0 Å². The Morgan fingerprint density at radius 1 is 1.22 bits per heavy atom. The number of nitrogens with zero attached hydrogens (tertiary/aromatic N) is 1. The fourth-order valence-corrected chi connectivity index (χ4v) is 2.76. The first-order valence-corrected chi connectivity index (χ1v) is 7.00. The largest absolute Gasteiger partial charge is 0.306 e. The Morgan fingerprint density at radius 3 is 2.72 bits per heavy atom. The van der Waals surface area contributed by atoms with Crippen molar-refractivity contribution in [3.05, 3.63) is 35.4 Å². The number of aryl methyl sites for hydroxylation is 1. The van der Waals surface area contributed by atoms with E-state index >= 15 is 0 Å². The highest BCUT2D eigenvalue weighted by atomic mass is 16.1. The zero-order chi connectivity index (χ0) is 12.8. The van der Waals surface area contributed by atoms with Crippen molar-refractivity contribution in [2.75, 3.05) is 20.1 Å². The van der Waals surface area contributed by atoms with Crippen LogP contribution < -0.4 is 0 Å². The van der Waals surface area contributed by atoms with Gasteiger partial charge < -0.3 is 9.69 Å². The van der Waals surface area contributed by atoms with Crippen molar-refractivity contribution in [2.24, 2.45) is 0 Å². The van der Waals surface area contributed by atoms with Crippen LogP contribution in [-0.4, -0.2) is 31.3 Å². The molecule has 1 aromatic rings. The standard InChI is InChI=1S/C16H23NO/c1-17-11-2-5-15(10-12-17)16-8-6-14(7-9-16)4-3-13-18/h6-9,13,15H,2-5,10-12H2,1H3. The van der Waals surface area contributed by atoms with Crippen LogP contribution in [0.15, 0.2) is 24.3 Å². The molecule has 2 heteroatoms. The molecule has 1 unspecified atom stereocenters. The van der Waals surface area contributed by atoms with E-state index < -0.39 is 0 Å². The lowest BCUT2D eigenvalue weighted by molar-refractivity contribution is -0.107. The van der Waals surface area contributed by atoms with E-state index in [1.165, 1.54) is 43.5 Å². The van der Waals surface area contributed by atoms with Gasteiger partial charge in [0.2, 0.25) is 0 Å². The third-order valence-electron chi connectivity index (χ3n) is 3.95. The van der Waals surface area contributed by atoms with Gasteiger partial charge in [0.15, 0.2) is 0 Å². The monoisotopic (exact) mass is 245 g/mol. The molecule has 1 aliphatic heterocycles. The van der Waals surface area contributed by atoms with Gasteiger partial charge in [-0.2, -0.15) is 0 Å². The molecule has 18 heavy (non-hydrogen) atoms. The van der Waals surface area contributed by atoms with Crippen molar-refractivity contribution in [3.63, 3.8) is 0 Å². The number of hydrogen-bond donors (Lipinski definition) is 0. The van der Waals surface area contributed by atoms with Crippen LogP contribution in [0.25, 0.3) is 0 Å². The van der Waals surface area contributed by atoms with Crippen LogP contribution in [0, 0.1) is 0 Å². The number of rotatable bonds is 4. The normalized spacial score (nSPS) is 21.5. The quantitative estimate of drug-likeness (QED) is 0.760. The molecule has 1 saturated heterocycles. The third-order valence-corrected chi connectivity index (χ3v) is 3.95. The molecule has 1 aromatic carbocycles. The zero-order valence-electron chi connectivity index (χ0n) is 11.3. The molecule has 0 radical (unpaired) electrons. The second kappa shape index (κ2) is 6.69. The number of hydrogen-bond acceptors (Lipinski definition) is 2. The van der Waals surface area contributed by atoms with Crippen LogP contribution in [0.4, 0.5) is 0 Å². The molecule has 0 amide bonds. The minimum absolute atomic E-state index is 0.633. The molecule has 1 fully saturated rings. The lowest BCUT2D eigenvalue weighted by Crippen LogP contribution is -2.18. The second-order valence-corrected chi connectivity index (χ2v) is 5.38. The minimum Gasteiger partial charge on any atom is -0.306 e. The lowest BCUT2D eigenvalue weighted by atomic mass is 9.91. The van der Waals surface area contributed by atoms with Gasteiger partial charge in [-0.3, -0.25) is 0 Å². The summed E-state index contributed by atoms with van der Waals surface area (Å²) in [5.41, 5.74) is 2.75. The van der Waals surface area contributed by atoms with Gasteiger partial charge in [0.1, 0.15) is 6.29 Å². The van der Waals surface area contributed by atoms with Gasteiger partial charge in [-0.05, 0) is 62.9 Å². The van der Waals surface area contributed by atoms with Crippen molar-refractivity contribution in [3.8, 4) is 0 Å². The molecule has 2 nitrogen and oxygen atoms in total. The predicted molar refractivity (Wildman–Crippen MR) is 74.9 cm³/mol. The summed E-state index contributed by atoms with van der Waals surface area (Å²) in [5.74, 6) is 0.718. The maximum atomic E-state index is 10.4. The van der Waals surface area contributed by atoms with Crippen molar-refractivity contribution >= 4 is 6.29 Å². The van der Waals surface area contributed by atoms with E-state index in [0.29, 0.717) is 6.42 Å². The van der Waals surface area contributed by atoms with Gasteiger partial charge in [0, 0.05) is 6.42 Å². The molecule has 2 rings (SSSR count). The van der Waals surface area contributed by atoms with Crippen molar-refractivity contribution in [2.45, 2.75) is 38.0 Å². The van der Waals surface area contributed by atoms with Crippen molar-refractivity contribution in [1.29, 1.82) is 0 Å².